The summed E-state index contributed by atoms with van der Waals surface area (Å²) in [5, 5.41) is 0. The molecule has 32 heavy (non-hydrogen) atoms. The highest BCUT2D eigenvalue weighted by Gasteiger charge is 2.14. The third-order valence-electron chi connectivity index (χ3n) is 5.16. The zero-order valence-corrected chi connectivity index (χ0v) is 19.7. The number of unbranched alkanes of at least 4 members (excludes halogenated alkanes) is 7. The number of ether oxygens (including phenoxy) is 2. The zero-order valence-electron chi connectivity index (χ0n) is 18.9. The minimum absolute atomic E-state index is 0.190. The zero-order chi connectivity index (χ0) is 23.1. The van der Waals surface area contributed by atoms with Crippen molar-refractivity contribution in [3.05, 3.63) is 61.2 Å². The lowest BCUT2D eigenvalue weighted by molar-refractivity contribution is 0.296. The molecule has 0 fully saturated rings. The van der Waals surface area contributed by atoms with Gasteiger partial charge in [0, 0.05) is 0 Å². The van der Waals surface area contributed by atoms with E-state index in [1.807, 2.05) is 54.6 Å². The topological polar surface area (TPSA) is 72.8 Å². The molecule has 0 aliphatic carbocycles. The lowest BCUT2D eigenvalue weighted by atomic mass is 10.0. The summed E-state index contributed by atoms with van der Waals surface area (Å²) in [5.41, 5.74) is 1.84. The van der Waals surface area contributed by atoms with Crippen molar-refractivity contribution in [2.45, 2.75) is 57.8 Å². The molecule has 0 bridgehead atoms. The molecule has 5 nitrogen and oxygen atoms in total. The Labute approximate surface area is 193 Å². The Balaban J connectivity index is 1.90. The maximum Gasteiger partial charge on any atom is 0.264 e. The Morgan fingerprint density at radius 2 is 1.31 bits per heavy atom. The van der Waals surface area contributed by atoms with Crippen LogP contribution in [0.15, 0.2) is 61.2 Å². The average molecular weight is 461 g/mol. The van der Waals surface area contributed by atoms with Gasteiger partial charge in [0.05, 0.1) is 24.5 Å². The highest BCUT2D eigenvalue weighted by atomic mass is 32.2. The average Bonchev–Trinajstić information content (AvgIpc) is 2.78. The van der Waals surface area contributed by atoms with E-state index >= 15 is 0 Å². The van der Waals surface area contributed by atoms with Crippen molar-refractivity contribution in [1.29, 1.82) is 0 Å². The highest BCUT2D eigenvalue weighted by Crippen LogP contribution is 2.38. The van der Waals surface area contributed by atoms with Crippen LogP contribution >= 0.6 is 0 Å². The van der Waals surface area contributed by atoms with Gasteiger partial charge in [-0.25, -0.2) is 0 Å². The van der Waals surface area contributed by atoms with Gasteiger partial charge in [0.15, 0.2) is 0 Å². The van der Waals surface area contributed by atoms with E-state index in [1.165, 1.54) is 32.1 Å². The van der Waals surface area contributed by atoms with E-state index in [9.17, 15) is 8.42 Å². The van der Waals surface area contributed by atoms with Gasteiger partial charge < -0.3 is 9.47 Å². The van der Waals surface area contributed by atoms with E-state index < -0.39 is 10.1 Å². The molecule has 2 aromatic carbocycles. The number of allylic oxidation sites excluding steroid dienone is 1. The molecule has 0 spiro atoms. The number of hydrogen-bond donors (Lipinski definition) is 1. The lowest BCUT2D eigenvalue weighted by Crippen LogP contribution is -2.09. The smallest absolute Gasteiger partial charge is 0.264 e. The largest absolute Gasteiger partial charge is 0.493 e. The third-order valence-corrected chi connectivity index (χ3v) is 5.97. The first-order valence-electron chi connectivity index (χ1n) is 11.5. The van der Waals surface area contributed by atoms with Crippen LogP contribution in [0.25, 0.3) is 11.1 Å². The van der Waals surface area contributed by atoms with E-state index in [1.54, 1.807) is 0 Å². The fraction of sp³-hybridized carbons (Fsp3) is 0.462. The predicted molar refractivity (Wildman–Crippen MR) is 131 cm³/mol. The number of benzene rings is 2. The molecule has 0 radical (unpaired) electrons. The van der Waals surface area contributed by atoms with Crippen molar-refractivity contribution >= 4 is 10.1 Å². The summed E-state index contributed by atoms with van der Waals surface area (Å²) in [5.74, 6) is 1.08. The molecule has 2 aromatic rings. The number of hydrogen-bond acceptors (Lipinski definition) is 4. The summed E-state index contributed by atoms with van der Waals surface area (Å²) < 4.78 is 42.8. The van der Waals surface area contributed by atoms with Gasteiger partial charge in [-0.05, 0) is 43.4 Å². The second-order valence-corrected chi connectivity index (χ2v) is 9.46. The first-order chi connectivity index (χ1) is 15.5. The Morgan fingerprint density at radius 1 is 0.750 bits per heavy atom. The van der Waals surface area contributed by atoms with Gasteiger partial charge in [-0.3, -0.25) is 4.55 Å². The van der Waals surface area contributed by atoms with Crippen LogP contribution in [0.2, 0.25) is 0 Å². The second kappa shape index (κ2) is 14.7. The molecule has 1 N–H and O–H groups in total. The van der Waals surface area contributed by atoms with Gasteiger partial charge in [-0.15, -0.1) is 6.58 Å². The molecule has 0 aliphatic rings. The Kier molecular flexibility index (Phi) is 11.9. The molecule has 0 heterocycles. The maximum absolute atomic E-state index is 10.9. The Hall–Kier alpha value is -2.31. The first kappa shape index (κ1) is 25.9. The fourth-order valence-electron chi connectivity index (χ4n) is 3.52. The Bertz CT molecular complexity index is 894. The van der Waals surface area contributed by atoms with Gasteiger partial charge >= 0.3 is 0 Å². The van der Waals surface area contributed by atoms with Gasteiger partial charge in [-0.1, -0.05) is 74.6 Å². The van der Waals surface area contributed by atoms with Gasteiger partial charge in [0.25, 0.3) is 10.1 Å². The minimum atomic E-state index is -3.99. The number of rotatable bonds is 17. The minimum Gasteiger partial charge on any atom is -0.493 e. The molecule has 0 aliphatic heterocycles. The van der Waals surface area contributed by atoms with E-state index in [0.717, 1.165) is 36.1 Å². The lowest BCUT2D eigenvalue weighted by Gasteiger charge is -2.16. The Morgan fingerprint density at radius 3 is 1.91 bits per heavy atom. The highest BCUT2D eigenvalue weighted by molar-refractivity contribution is 7.85. The van der Waals surface area contributed by atoms with Crippen LogP contribution in [0.3, 0.4) is 0 Å². The molecule has 0 amide bonds. The molecule has 2 rings (SSSR count). The van der Waals surface area contributed by atoms with Crippen molar-refractivity contribution in [2.75, 3.05) is 19.0 Å². The summed E-state index contributed by atoms with van der Waals surface area (Å²) >= 11 is 0. The van der Waals surface area contributed by atoms with Crippen LogP contribution in [0.4, 0.5) is 0 Å². The SMILES string of the molecule is C=CCCCCCCCCCOc1cccc(OCCCS(=O)(=O)O)c1-c1ccccc1. The van der Waals surface area contributed by atoms with Gasteiger partial charge in [-0.2, -0.15) is 8.42 Å². The van der Waals surface area contributed by atoms with Crippen LogP contribution in [0.1, 0.15) is 57.8 Å². The van der Waals surface area contributed by atoms with E-state index in [-0.39, 0.29) is 18.8 Å². The summed E-state index contributed by atoms with van der Waals surface area (Å²) in [6.45, 7) is 4.59. The van der Waals surface area contributed by atoms with Crippen LogP contribution in [-0.2, 0) is 10.1 Å². The normalized spacial score (nSPS) is 11.3. The predicted octanol–water partition coefficient (Wildman–Crippen LogP) is 6.70. The van der Waals surface area contributed by atoms with Crippen LogP contribution in [0, 0.1) is 0 Å². The van der Waals surface area contributed by atoms with Crippen LogP contribution in [0.5, 0.6) is 11.5 Å². The molecular formula is C26H36O5S. The molecule has 0 saturated heterocycles. The van der Waals surface area contributed by atoms with Crippen molar-refractivity contribution in [3.63, 3.8) is 0 Å². The molecule has 0 aromatic heterocycles. The first-order valence-corrected chi connectivity index (χ1v) is 13.1. The molecule has 0 unspecified atom stereocenters. The van der Waals surface area contributed by atoms with Gasteiger partial charge in [0.2, 0.25) is 0 Å². The maximum atomic E-state index is 10.9. The van der Waals surface area contributed by atoms with E-state index in [4.69, 9.17) is 14.0 Å². The molecule has 6 heteroatoms. The molecule has 0 saturated carbocycles. The second-order valence-electron chi connectivity index (χ2n) is 7.88. The molecule has 176 valence electrons. The van der Waals surface area contributed by atoms with Crippen molar-refractivity contribution in [2.24, 2.45) is 0 Å². The van der Waals surface area contributed by atoms with Crippen molar-refractivity contribution in [3.8, 4) is 22.6 Å². The van der Waals surface area contributed by atoms with Crippen LogP contribution in [-0.4, -0.2) is 31.9 Å². The standard InChI is InChI=1S/C26H36O5S/c1-2-3-4-5-6-7-8-9-13-20-30-24-18-14-19-25(31-21-15-22-32(27,28)29)26(24)23-16-11-10-12-17-23/h2,10-12,14,16-19H,1,3-9,13,15,20-22H2,(H,27,28,29). The summed E-state index contributed by atoms with van der Waals surface area (Å²) in [4.78, 5) is 0. The quantitative estimate of drug-likeness (QED) is 0.162. The fourth-order valence-corrected chi connectivity index (χ4v) is 4.00. The molecular weight excluding hydrogens is 424 g/mol. The monoisotopic (exact) mass is 460 g/mol. The summed E-state index contributed by atoms with van der Waals surface area (Å²) in [7, 11) is -3.99. The van der Waals surface area contributed by atoms with Crippen LogP contribution < -0.4 is 9.47 Å². The van der Waals surface area contributed by atoms with E-state index in [0.29, 0.717) is 12.4 Å². The van der Waals surface area contributed by atoms with Gasteiger partial charge in [0.1, 0.15) is 11.5 Å². The van der Waals surface area contributed by atoms with Crippen molar-refractivity contribution < 1.29 is 22.4 Å². The van der Waals surface area contributed by atoms with Crippen molar-refractivity contribution in [1.82, 2.24) is 0 Å². The summed E-state index contributed by atoms with van der Waals surface area (Å²) in [6.07, 6.45) is 11.7. The third kappa shape index (κ3) is 10.3. The molecule has 0 atom stereocenters. The van der Waals surface area contributed by atoms with E-state index in [2.05, 4.69) is 6.58 Å². The summed E-state index contributed by atoms with van der Waals surface area (Å²) in [6, 6.07) is 15.5.